The van der Waals surface area contributed by atoms with Gasteiger partial charge in [0.15, 0.2) is 0 Å². The number of benzene rings is 3. The van der Waals surface area contributed by atoms with Crippen molar-refractivity contribution < 1.29 is 22.0 Å². The molecule has 1 aliphatic heterocycles. The molecule has 4 rings (SSSR count). The minimum Gasteiger partial charge on any atom is -0.334 e. The molecule has 1 heterocycles. The van der Waals surface area contributed by atoms with Crippen LogP contribution in [-0.4, -0.2) is 68.2 Å². The van der Waals surface area contributed by atoms with Gasteiger partial charge in [0.2, 0.25) is 15.9 Å². The molecular formula is C26H27F2N3O3S. The van der Waals surface area contributed by atoms with Crippen LogP contribution in [0.3, 0.4) is 0 Å². The van der Waals surface area contributed by atoms with Gasteiger partial charge in [-0.3, -0.25) is 9.69 Å². The molecule has 0 aliphatic carbocycles. The first kappa shape index (κ1) is 25.0. The van der Waals surface area contributed by atoms with Gasteiger partial charge < -0.3 is 4.90 Å². The summed E-state index contributed by atoms with van der Waals surface area (Å²) >= 11 is 0. The summed E-state index contributed by atoms with van der Waals surface area (Å²) in [6.07, 6.45) is 0. The quantitative estimate of drug-likeness (QED) is 0.499. The molecule has 0 atom stereocenters. The highest BCUT2D eigenvalue weighted by atomic mass is 32.2. The van der Waals surface area contributed by atoms with Gasteiger partial charge in [0, 0.05) is 33.2 Å². The summed E-state index contributed by atoms with van der Waals surface area (Å²) in [5, 5.41) is 0. The lowest BCUT2D eigenvalue weighted by Gasteiger charge is -2.36. The average molecular weight is 500 g/mol. The van der Waals surface area contributed by atoms with Gasteiger partial charge in [-0.05, 0) is 29.3 Å². The molecule has 1 amide bonds. The fourth-order valence-corrected chi connectivity index (χ4v) is 5.80. The lowest BCUT2D eigenvalue weighted by Crippen LogP contribution is -2.51. The van der Waals surface area contributed by atoms with Gasteiger partial charge in [0.25, 0.3) is 0 Å². The summed E-state index contributed by atoms with van der Waals surface area (Å²) in [5.74, 6) is -1.91. The van der Waals surface area contributed by atoms with Gasteiger partial charge in [-0.1, -0.05) is 60.7 Å². The molecule has 0 spiro atoms. The van der Waals surface area contributed by atoms with Crippen molar-refractivity contribution in [1.29, 1.82) is 0 Å². The third kappa shape index (κ3) is 5.58. The van der Waals surface area contributed by atoms with Crippen LogP contribution in [0.15, 0.2) is 83.8 Å². The molecule has 35 heavy (non-hydrogen) atoms. The molecule has 0 radical (unpaired) electrons. The number of carbonyl (C=O) groups excluding carboxylic acids is 1. The number of sulfonamides is 1. The second-order valence-corrected chi connectivity index (χ2v) is 10.4. The second kappa shape index (κ2) is 10.6. The molecule has 1 aliphatic rings. The number of nitrogens with zero attached hydrogens (tertiary/aromatic N) is 3. The van der Waals surface area contributed by atoms with Gasteiger partial charge >= 0.3 is 0 Å². The Labute approximate surface area is 204 Å². The monoisotopic (exact) mass is 499 g/mol. The van der Waals surface area contributed by atoms with Crippen LogP contribution in [0.2, 0.25) is 0 Å². The summed E-state index contributed by atoms with van der Waals surface area (Å²) in [6.45, 7) is 0.884. The van der Waals surface area contributed by atoms with E-state index in [0.29, 0.717) is 19.2 Å². The average Bonchev–Trinajstić information content (AvgIpc) is 2.87. The van der Waals surface area contributed by atoms with Crippen molar-refractivity contribution in [2.75, 3.05) is 39.8 Å². The molecule has 0 unspecified atom stereocenters. The van der Waals surface area contributed by atoms with Gasteiger partial charge in [-0.25, -0.2) is 17.2 Å². The minimum atomic E-state index is -4.17. The van der Waals surface area contributed by atoms with E-state index in [1.165, 1.54) is 0 Å². The summed E-state index contributed by atoms with van der Waals surface area (Å²) in [5.41, 5.74) is 1.98. The Hall–Kier alpha value is -3.14. The SMILES string of the molecule is CN(C(=O)CN1CCN(S(=O)(=O)c2cc(F)ccc2F)CC1)C(c1ccccc1)c1ccccc1. The summed E-state index contributed by atoms with van der Waals surface area (Å²) < 4.78 is 54.4. The van der Waals surface area contributed by atoms with Gasteiger partial charge in [0.05, 0.1) is 12.6 Å². The Morgan fingerprint density at radius 2 is 1.43 bits per heavy atom. The highest BCUT2D eigenvalue weighted by Crippen LogP contribution is 2.28. The van der Waals surface area contributed by atoms with Crippen molar-refractivity contribution in [2.24, 2.45) is 0 Å². The van der Waals surface area contributed by atoms with Crippen molar-refractivity contribution in [1.82, 2.24) is 14.1 Å². The molecule has 0 bridgehead atoms. The van der Waals surface area contributed by atoms with Crippen LogP contribution < -0.4 is 0 Å². The fourth-order valence-electron chi connectivity index (χ4n) is 4.30. The van der Waals surface area contributed by atoms with E-state index in [1.807, 2.05) is 65.6 Å². The Balaban J connectivity index is 1.43. The number of rotatable bonds is 7. The summed E-state index contributed by atoms with van der Waals surface area (Å²) in [7, 11) is -2.41. The maximum Gasteiger partial charge on any atom is 0.246 e. The minimum absolute atomic E-state index is 0.0794. The predicted octanol–water partition coefficient (Wildman–Crippen LogP) is 3.52. The van der Waals surface area contributed by atoms with Crippen LogP contribution in [0, 0.1) is 11.6 Å². The Kier molecular flexibility index (Phi) is 7.59. The van der Waals surface area contributed by atoms with Crippen LogP contribution in [0.5, 0.6) is 0 Å². The van der Waals surface area contributed by atoms with Crippen molar-refractivity contribution in [3.63, 3.8) is 0 Å². The molecule has 0 N–H and O–H groups in total. The molecule has 1 fully saturated rings. The zero-order valence-electron chi connectivity index (χ0n) is 19.3. The Bertz CT molecular complexity index is 1230. The molecule has 6 nitrogen and oxygen atoms in total. The predicted molar refractivity (Wildman–Crippen MR) is 129 cm³/mol. The van der Waals surface area contributed by atoms with Crippen molar-refractivity contribution in [2.45, 2.75) is 10.9 Å². The summed E-state index contributed by atoms with van der Waals surface area (Å²) in [4.78, 5) is 16.2. The first-order valence-electron chi connectivity index (χ1n) is 11.3. The number of hydrogen-bond acceptors (Lipinski definition) is 4. The van der Waals surface area contributed by atoms with E-state index in [-0.39, 0.29) is 31.6 Å². The largest absolute Gasteiger partial charge is 0.334 e. The lowest BCUT2D eigenvalue weighted by atomic mass is 9.97. The number of halogens is 2. The maximum atomic E-state index is 14.1. The molecule has 3 aromatic carbocycles. The molecule has 1 saturated heterocycles. The Morgan fingerprint density at radius 3 is 1.97 bits per heavy atom. The number of amides is 1. The van der Waals surface area contributed by atoms with Crippen LogP contribution in [0.25, 0.3) is 0 Å². The number of hydrogen-bond donors (Lipinski definition) is 0. The van der Waals surface area contributed by atoms with E-state index in [4.69, 9.17) is 0 Å². The molecule has 0 aromatic heterocycles. The molecule has 0 saturated carbocycles. The van der Waals surface area contributed by atoms with E-state index in [9.17, 15) is 22.0 Å². The number of carbonyl (C=O) groups is 1. The molecule has 9 heteroatoms. The van der Waals surface area contributed by atoms with Crippen LogP contribution >= 0.6 is 0 Å². The zero-order valence-corrected chi connectivity index (χ0v) is 20.2. The summed E-state index contributed by atoms with van der Waals surface area (Å²) in [6, 6.07) is 21.7. The standard InChI is InChI=1S/C26H27F2N3O3S/c1-29(26(20-8-4-2-5-9-20)21-10-6-3-7-11-21)25(32)19-30-14-16-31(17-15-30)35(33,34)24-18-22(27)12-13-23(24)28/h2-13,18,26H,14-17,19H2,1H3. The van der Waals surface area contributed by atoms with E-state index in [1.54, 1.807) is 11.9 Å². The number of likely N-dealkylation sites (N-methyl/N-ethyl adjacent to an activating group) is 1. The van der Waals surface area contributed by atoms with Crippen LogP contribution in [0.1, 0.15) is 17.2 Å². The van der Waals surface area contributed by atoms with E-state index in [0.717, 1.165) is 27.6 Å². The molecule has 184 valence electrons. The highest BCUT2D eigenvalue weighted by Gasteiger charge is 2.32. The van der Waals surface area contributed by atoms with E-state index >= 15 is 0 Å². The van der Waals surface area contributed by atoms with Crippen LogP contribution in [-0.2, 0) is 14.8 Å². The van der Waals surface area contributed by atoms with E-state index < -0.39 is 26.6 Å². The topological polar surface area (TPSA) is 60.9 Å². The number of piperazine rings is 1. The highest BCUT2D eigenvalue weighted by molar-refractivity contribution is 7.89. The first-order chi connectivity index (χ1) is 16.8. The third-order valence-corrected chi connectivity index (χ3v) is 8.13. The Morgan fingerprint density at radius 1 is 0.886 bits per heavy atom. The normalized spacial score (nSPS) is 15.3. The maximum absolute atomic E-state index is 14.1. The van der Waals surface area contributed by atoms with Gasteiger partial charge in [-0.2, -0.15) is 4.31 Å². The molecular weight excluding hydrogens is 472 g/mol. The van der Waals surface area contributed by atoms with Crippen molar-refractivity contribution >= 4 is 15.9 Å². The van der Waals surface area contributed by atoms with Crippen LogP contribution in [0.4, 0.5) is 8.78 Å². The van der Waals surface area contributed by atoms with Gasteiger partial charge in [-0.15, -0.1) is 0 Å². The van der Waals surface area contributed by atoms with Crippen molar-refractivity contribution in [3.8, 4) is 0 Å². The first-order valence-corrected chi connectivity index (χ1v) is 12.7. The lowest BCUT2D eigenvalue weighted by molar-refractivity contribution is -0.132. The smallest absolute Gasteiger partial charge is 0.246 e. The third-order valence-electron chi connectivity index (χ3n) is 6.21. The second-order valence-electron chi connectivity index (χ2n) is 8.48. The molecule has 3 aromatic rings. The van der Waals surface area contributed by atoms with Crippen molar-refractivity contribution in [3.05, 3.63) is 102 Å². The van der Waals surface area contributed by atoms with Gasteiger partial charge in [0.1, 0.15) is 16.5 Å². The zero-order chi connectivity index (χ0) is 25.0. The fraction of sp³-hybridized carbons (Fsp3) is 0.269. The van der Waals surface area contributed by atoms with E-state index in [2.05, 4.69) is 0 Å².